The van der Waals surface area contributed by atoms with E-state index in [1.165, 1.54) is 28.6 Å². The molecule has 4 aromatic rings. The number of benzene rings is 2. The SMILES string of the molecule is Cn1c(SCC(=O)NC(c2ccccc2)c2ccccc2)nc2sc3c(c2c1=O)CCCC3. The van der Waals surface area contributed by atoms with Gasteiger partial charge in [-0.25, -0.2) is 4.98 Å². The molecule has 2 aromatic carbocycles. The first-order chi connectivity index (χ1) is 16.1. The highest BCUT2D eigenvalue weighted by Gasteiger charge is 2.22. The predicted molar refractivity (Wildman–Crippen MR) is 135 cm³/mol. The Morgan fingerprint density at radius 2 is 1.70 bits per heavy atom. The second-order valence-electron chi connectivity index (χ2n) is 8.26. The highest BCUT2D eigenvalue weighted by Crippen LogP contribution is 2.34. The van der Waals surface area contributed by atoms with Crippen molar-refractivity contribution in [1.29, 1.82) is 0 Å². The Bertz CT molecular complexity index is 1310. The Kier molecular flexibility index (Phi) is 6.33. The van der Waals surface area contributed by atoms with Gasteiger partial charge in [0.15, 0.2) is 5.16 Å². The molecular formula is C26H25N3O2S2. The van der Waals surface area contributed by atoms with E-state index in [1.807, 2.05) is 60.7 Å². The van der Waals surface area contributed by atoms with Gasteiger partial charge in [-0.05, 0) is 42.4 Å². The van der Waals surface area contributed by atoms with Crippen LogP contribution in [-0.2, 0) is 24.7 Å². The number of aryl methyl sites for hydroxylation is 2. The van der Waals surface area contributed by atoms with Crippen molar-refractivity contribution >= 4 is 39.2 Å². The number of amides is 1. The minimum absolute atomic E-state index is 0.00578. The van der Waals surface area contributed by atoms with Gasteiger partial charge in [-0.1, -0.05) is 72.4 Å². The molecule has 168 valence electrons. The summed E-state index contributed by atoms with van der Waals surface area (Å²) in [6.07, 6.45) is 4.29. The van der Waals surface area contributed by atoms with Gasteiger partial charge in [0.2, 0.25) is 5.91 Å². The molecule has 2 heterocycles. The molecule has 1 aliphatic carbocycles. The van der Waals surface area contributed by atoms with Gasteiger partial charge < -0.3 is 5.32 Å². The minimum Gasteiger partial charge on any atom is -0.344 e. The van der Waals surface area contributed by atoms with E-state index in [-0.39, 0.29) is 23.3 Å². The number of thioether (sulfide) groups is 1. The number of fused-ring (bicyclic) bond motifs is 3. The quantitative estimate of drug-likeness (QED) is 0.319. The molecule has 33 heavy (non-hydrogen) atoms. The maximum atomic E-state index is 13.1. The zero-order chi connectivity index (χ0) is 22.8. The predicted octanol–water partition coefficient (Wildman–Crippen LogP) is 4.87. The normalized spacial score (nSPS) is 13.3. The lowest BCUT2D eigenvalue weighted by Gasteiger charge is -2.20. The zero-order valence-electron chi connectivity index (χ0n) is 18.4. The number of thiophene rings is 1. The van der Waals surface area contributed by atoms with E-state index in [1.54, 1.807) is 23.0 Å². The first-order valence-corrected chi connectivity index (χ1v) is 13.0. The van der Waals surface area contributed by atoms with Crippen molar-refractivity contribution in [2.24, 2.45) is 7.05 Å². The molecule has 1 amide bonds. The Labute approximate surface area is 200 Å². The lowest BCUT2D eigenvalue weighted by atomic mass is 9.97. The molecule has 1 aliphatic rings. The van der Waals surface area contributed by atoms with E-state index >= 15 is 0 Å². The molecule has 7 heteroatoms. The summed E-state index contributed by atoms with van der Waals surface area (Å²) in [6.45, 7) is 0. The van der Waals surface area contributed by atoms with Crippen LogP contribution in [0.5, 0.6) is 0 Å². The summed E-state index contributed by atoms with van der Waals surface area (Å²) in [5.74, 6) is 0.0880. The van der Waals surface area contributed by atoms with E-state index in [9.17, 15) is 9.59 Å². The molecular weight excluding hydrogens is 450 g/mol. The van der Waals surface area contributed by atoms with Crippen molar-refractivity contribution < 1.29 is 4.79 Å². The average Bonchev–Trinajstić information content (AvgIpc) is 3.23. The molecule has 0 aliphatic heterocycles. The fraction of sp³-hybridized carbons (Fsp3) is 0.269. The van der Waals surface area contributed by atoms with Crippen molar-refractivity contribution in [2.45, 2.75) is 36.9 Å². The van der Waals surface area contributed by atoms with E-state index in [0.717, 1.165) is 40.6 Å². The van der Waals surface area contributed by atoms with Crippen LogP contribution in [0.1, 0.15) is 40.5 Å². The van der Waals surface area contributed by atoms with Gasteiger partial charge in [0.25, 0.3) is 5.56 Å². The molecule has 0 fully saturated rings. The third-order valence-corrected chi connectivity index (χ3v) is 8.27. The fourth-order valence-corrected chi connectivity index (χ4v) is 6.46. The van der Waals surface area contributed by atoms with Crippen LogP contribution in [0.15, 0.2) is 70.6 Å². The molecule has 0 atom stereocenters. The average molecular weight is 476 g/mol. The second kappa shape index (κ2) is 9.53. The van der Waals surface area contributed by atoms with Crippen LogP contribution in [-0.4, -0.2) is 21.2 Å². The van der Waals surface area contributed by atoms with Crippen molar-refractivity contribution in [3.8, 4) is 0 Å². The van der Waals surface area contributed by atoms with Crippen LogP contribution >= 0.6 is 23.1 Å². The van der Waals surface area contributed by atoms with Crippen LogP contribution in [0.25, 0.3) is 10.2 Å². The molecule has 0 saturated heterocycles. The number of nitrogens with zero attached hydrogens (tertiary/aromatic N) is 2. The summed E-state index contributed by atoms with van der Waals surface area (Å²) in [7, 11) is 1.75. The lowest BCUT2D eigenvalue weighted by molar-refractivity contribution is -0.119. The standard InChI is InChI=1S/C26H25N3O2S2/c1-29-25(31)22-19-14-8-9-15-20(19)33-24(22)28-26(29)32-16-21(30)27-23(17-10-4-2-5-11-17)18-12-6-3-7-13-18/h2-7,10-13,23H,8-9,14-16H2,1H3,(H,27,30). The zero-order valence-corrected chi connectivity index (χ0v) is 20.0. The number of carbonyl (C=O) groups excluding carboxylic acids is 1. The van der Waals surface area contributed by atoms with E-state index in [4.69, 9.17) is 4.98 Å². The van der Waals surface area contributed by atoms with Crippen LogP contribution in [0.3, 0.4) is 0 Å². The molecule has 0 bridgehead atoms. The number of carbonyl (C=O) groups is 1. The summed E-state index contributed by atoms with van der Waals surface area (Å²) >= 11 is 2.95. The minimum atomic E-state index is -0.233. The van der Waals surface area contributed by atoms with Gasteiger partial charge in [-0.15, -0.1) is 11.3 Å². The molecule has 5 rings (SSSR count). The van der Waals surface area contributed by atoms with Crippen molar-refractivity contribution in [3.05, 3.63) is 92.6 Å². The Morgan fingerprint density at radius 1 is 1.06 bits per heavy atom. The third-order valence-electron chi connectivity index (χ3n) is 6.06. The smallest absolute Gasteiger partial charge is 0.262 e. The van der Waals surface area contributed by atoms with Crippen molar-refractivity contribution in [3.63, 3.8) is 0 Å². The van der Waals surface area contributed by atoms with Gasteiger partial charge in [-0.3, -0.25) is 14.2 Å². The van der Waals surface area contributed by atoms with Crippen LogP contribution in [0.2, 0.25) is 0 Å². The Balaban J connectivity index is 1.36. The fourth-order valence-electron chi connectivity index (χ4n) is 4.38. The summed E-state index contributed by atoms with van der Waals surface area (Å²) in [5.41, 5.74) is 3.24. The molecule has 1 N–H and O–H groups in total. The second-order valence-corrected chi connectivity index (χ2v) is 10.3. The summed E-state index contributed by atoms with van der Waals surface area (Å²) in [6, 6.07) is 19.7. The number of aromatic nitrogens is 2. The number of hydrogen-bond acceptors (Lipinski definition) is 5. The van der Waals surface area contributed by atoms with E-state index in [2.05, 4.69) is 5.32 Å². The molecule has 5 nitrogen and oxygen atoms in total. The summed E-state index contributed by atoms with van der Waals surface area (Å²) in [5, 5.41) is 4.52. The number of nitrogens with one attached hydrogen (secondary N) is 1. The molecule has 0 unspecified atom stereocenters. The van der Waals surface area contributed by atoms with E-state index in [0.29, 0.717) is 5.16 Å². The van der Waals surface area contributed by atoms with Crippen molar-refractivity contribution in [2.75, 3.05) is 5.75 Å². The maximum Gasteiger partial charge on any atom is 0.262 e. The van der Waals surface area contributed by atoms with Gasteiger partial charge in [0.1, 0.15) is 4.83 Å². The van der Waals surface area contributed by atoms with Crippen molar-refractivity contribution in [1.82, 2.24) is 14.9 Å². The topological polar surface area (TPSA) is 64.0 Å². The first-order valence-electron chi connectivity index (χ1n) is 11.1. The van der Waals surface area contributed by atoms with Gasteiger partial charge >= 0.3 is 0 Å². The number of hydrogen-bond donors (Lipinski definition) is 1. The molecule has 0 spiro atoms. The van der Waals surface area contributed by atoms with Gasteiger partial charge in [0.05, 0.1) is 17.2 Å². The molecule has 0 radical (unpaired) electrons. The van der Waals surface area contributed by atoms with Crippen LogP contribution in [0.4, 0.5) is 0 Å². The molecule has 0 saturated carbocycles. The molecule has 2 aromatic heterocycles. The highest BCUT2D eigenvalue weighted by molar-refractivity contribution is 7.99. The van der Waals surface area contributed by atoms with Gasteiger partial charge in [0, 0.05) is 11.9 Å². The van der Waals surface area contributed by atoms with E-state index < -0.39 is 0 Å². The van der Waals surface area contributed by atoms with Crippen LogP contribution in [0, 0.1) is 0 Å². The Morgan fingerprint density at radius 3 is 2.36 bits per heavy atom. The highest BCUT2D eigenvalue weighted by atomic mass is 32.2. The maximum absolute atomic E-state index is 13.1. The first kappa shape index (κ1) is 21.9. The third kappa shape index (κ3) is 4.48. The summed E-state index contributed by atoms with van der Waals surface area (Å²) < 4.78 is 1.59. The largest absolute Gasteiger partial charge is 0.344 e. The number of rotatable bonds is 6. The summed E-state index contributed by atoms with van der Waals surface area (Å²) in [4.78, 5) is 32.9. The monoisotopic (exact) mass is 475 g/mol. The van der Waals surface area contributed by atoms with Crippen LogP contribution < -0.4 is 10.9 Å². The van der Waals surface area contributed by atoms with Gasteiger partial charge in [-0.2, -0.15) is 0 Å². The lowest BCUT2D eigenvalue weighted by Crippen LogP contribution is -2.31. The Hall–Kier alpha value is -2.90.